The first kappa shape index (κ1) is 12.2. The Labute approximate surface area is 96.5 Å². The van der Waals surface area contributed by atoms with Crippen LogP contribution in [0.5, 0.6) is 0 Å². The van der Waals surface area contributed by atoms with Gasteiger partial charge in [-0.15, -0.1) is 0 Å². The van der Waals surface area contributed by atoms with Gasteiger partial charge in [-0.1, -0.05) is 26.1 Å². The molecule has 0 saturated carbocycles. The number of hydrogen-bond acceptors (Lipinski definition) is 3. The summed E-state index contributed by atoms with van der Waals surface area (Å²) in [6.07, 6.45) is 0. The SMILES string of the molecule is CCN(CC)c1nc(=S)cc(C(C)C)[nH]1. The van der Waals surface area contributed by atoms with Crippen LogP contribution < -0.4 is 4.90 Å². The molecule has 0 atom stereocenters. The largest absolute Gasteiger partial charge is 0.343 e. The summed E-state index contributed by atoms with van der Waals surface area (Å²) in [5.41, 5.74) is 1.15. The fourth-order valence-electron chi connectivity index (χ4n) is 1.45. The molecule has 1 rings (SSSR count). The molecule has 84 valence electrons. The van der Waals surface area contributed by atoms with E-state index < -0.39 is 0 Å². The van der Waals surface area contributed by atoms with Gasteiger partial charge in [0.25, 0.3) is 0 Å². The molecule has 0 spiro atoms. The predicted octanol–water partition coefficient (Wildman–Crippen LogP) is 3.11. The van der Waals surface area contributed by atoms with Gasteiger partial charge in [0.2, 0.25) is 5.95 Å². The normalized spacial score (nSPS) is 10.7. The zero-order chi connectivity index (χ0) is 11.4. The molecule has 0 radical (unpaired) electrons. The summed E-state index contributed by atoms with van der Waals surface area (Å²) in [6.45, 7) is 10.4. The van der Waals surface area contributed by atoms with Crippen molar-refractivity contribution in [2.24, 2.45) is 0 Å². The summed E-state index contributed by atoms with van der Waals surface area (Å²) in [4.78, 5) is 9.85. The molecular weight excluding hydrogens is 206 g/mol. The summed E-state index contributed by atoms with van der Waals surface area (Å²) in [6, 6.07) is 1.94. The Hall–Kier alpha value is -0.900. The average Bonchev–Trinajstić information content (AvgIpc) is 2.18. The number of aromatic nitrogens is 2. The summed E-state index contributed by atoms with van der Waals surface area (Å²) in [7, 11) is 0. The third-order valence-electron chi connectivity index (χ3n) is 2.44. The van der Waals surface area contributed by atoms with Crippen molar-refractivity contribution < 1.29 is 0 Å². The number of hydrogen-bond donors (Lipinski definition) is 1. The van der Waals surface area contributed by atoms with Gasteiger partial charge in [-0.3, -0.25) is 0 Å². The first-order valence-electron chi connectivity index (χ1n) is 5.44. The van der Waals surface area contributed by atoms with Crippen LogP contribution in [0.2, 0.25) is 0 Å². The van der Waals surface area contributed by atoms with Crippen LogP contribution in [0, 0.1) is 4.64 Å². The number of aromatic amines is 1. The highest BCUT2D eigenvalue weighted by molar-refractivity contribution is 7.71. The zero-order valence-corrected chi connectivity index (χ0v) is 10.7. The van der Waals surface area contributed by atoms with E-state index in [0.717, 1.165) is 24.7 Å². The van der Waals surface area contributed by atoms with Crippen molar-refractivity contribution >= 4 is 18.2 Å². The second-order valence-electron chi connectivity index (χ2n) is 3.83. The minimum Gasteiger partial charge on any atom is -0.343 e. The molecule has 4 heteroatoms. The fourth-order valence-corrected chi connectivity index (χ4v) is 1.66. The average molecular weight is 225 g/mol. The van der Waals surface area contributed by atoms with Crippen LogP contribution in [-0.4, -0.2) is 23.1 Å². The number of nitrogens with zero attached hydrogens (tertiary/aromatic N) is 2. The van der Waals surface area contributed by atoms with E-state index >= 15 is 0 Å². The molecule has 1 heterocycles. The van der Waals surface area contributed by atoms with E-state index in [9.17, 15) is 0 Å². The highest BCUT2D eigenvalue weighted by Gasteiger charge is 2.07. The van der Waals surface area contributed by atoms with Crippen LogP contribution in [0.25, 0.3) is 0 Å². The lowest BCUT2D eigenvalue weighted by molar-refractivity contribution is 0.771. The molecule has 1 aromatic heterocycles. The lowest BCUT2D eigenvalue weighted by Crippen LogP contribution is -2.24. The quantitative estimate of drug-likeness (QED) is 0.799. The Morgan fingerprint density at radius 1 is 1.40 bits per heavy atom. The second-order valence-corrected chi connectivity index (χ2v) is 4.24. The molecule has 0 amide bonds. The van der Waals surface area contributed by atoms with Crippen molar-refractivity contribution in [1.29, 1.82) is 0 Å². The molecule has 1 aromatic rings. The molecule has 3 nitrogen and oxygen atoms in total. The highest BCUT2D eigenvalue weighted by atomic mass is 32.1. The van der Waals surface area contributed by atoms with Crippen LogP contribution in [0.15, 0.2) is 6.07 Å². The topological polar surface area (TPSA) is 31.9 Å². The smallest absolute Gasteiger partial charge is 0.204 e. The van der Waals surface area contributed by atoms with Gasteiger partial charge in [0.15, 0.2) is 0 Å². The maximum Gasteiger partial charge on any atom is 0.204 e. The van der Waals surface area contributed by atoms with E-state index in [2.05, 4.69) is 42.6 Å². The molecule has 0 fully saturated rings. The first-order chi connectivity index (χ1) is 7.08. The van der Waals surface area contributed by atoms with Gasteiger partial charge in [-0.2, -0.15) is 0 Å². The molecule has 0 unspecified atom stereocenters. The standard InChI is InChI=1S/C11H19N3S/c1-5-14(6-2)11-12-9(8(3)4)7-10(15)13-11/h7-8H,5-6H2,1-4H3,(H,12,13,15). The van der Waals surface area contributed by atoms with Crippen LogP contribution in [0.1, 0.15) is 39.3 Å². The van der Waals surface area contributed by atoms with Gasteiger partial charge in [0, 0.05) is 18.8 Å². The summed E-state index contributed by atoms with van der Waals surface area (Å²) in [5, 5.41) is 0. The number of H-pyrrole nitrogens is 1. The van der Waals surface area contributed by atoms with E-state index in [4.69, 9.17) is 12.2 Å². The van der Waals surface area contributed by atoms with E-state index in [1.54, 1.807) is 0 Å². The van der Waals surface area contributed by atoms with Crippen LogP contribution in [-0.2, 0) is 0 Å². The Kier molecular flexibility index (Phi) is 4.27. The van der Waals surface area contributed by atoms with Gasteiger partial charge >= 0.3 is 0 Å². The molecule has 0 saturated heterocycles. The van der Waals surface area contributed by atoms with Gasteiger partial charge in [-0.05, 0) is 25.8 Å². The molecule has 15 heavy (non-hydrogen) atoms. The molecule has 0 aliphatic heterocycles. The van der Waals surface area contributed by atoms with Crippen molar-refractivity contribution in [3.05, 3.63) is 16.4 Å². The Morgan fingerprint density at radius 3 is 2.47 bits per heavy atom. The minimum atomic E-state index is 0.448. The predicted molar refractivity (Wildman–Crippen MR) is 67.1 cm³/mol. The van der Waals surface area contributed by atoms with E-state index in [-0.39, 0.29) is 0 Å². The van der Waals surface area contributed by atoms with Crippen molar-refractivity contribution in [2.75, 3.05) is 18.0 Å². The molecule has 0 aliphatic rings. The van der Waals surface area contributed by atoms with Gasteiger partial charge in [-0.25, -0.2) is 4.98 Å². The fraction of sp³-hybridized carbons (Fsp3) is 0.636. The van der Waals surface area contributed by atoms with Crippen molar-refractivity contribution in [1.82, 2.24) is 9.97 Å². The number of rotatable bonds is 4. The Bertz CT molecular complexity index is 366. The van der Waals surface area contributed by atoms with Gasteiger partial charge < -0.3 is 9.88 Å². The van der Waals surface area contributed by atoms with Crippen molar-refractivity contribution in [2.45, 2.75) is 33.6 Å². The summed E-state index contributed by atoms with van der Waals surface area (Å²) >= 11 is 5.16. The third-order valence-corrected chi connectivity index (χ3v) is 2.65. The number of nitrogens with one attached hydrogen (secondary N) is 1. The highest BCUT2D eigenvalue weighted by Crippen LogP contribution is 2.15. The lowest BCUT2D eigenvalue weighted by atomic mass is 10.1. The third kappa shape index (κ3) is 3.02. The summed E-state index contributed by atoms with van der Waals surface area (Å²) < 4.78 is 0.666. The van der Waals surface area contributed by atoms with Crippen LogP contribution in [0.3, 0.4) is 0 Å². The van der Waals surface area contributed by atoms with E-state index in [1.165, 1.54) is 0 Å². The molecule has 1 N–H and O–H groups in total. The van der Waals surface area contributed by atoms with Crippen LogP contribution in [0.4, 0.5) is 5.95 Å². The maximum absolute atomic E-state index is 5.16. The lowest BCUT2D eigenvalue weighted by Gasteiger charge is -2.20. The monoisotopic (exact) mass is 225 g/mol. The molecule has 0 aliphatic carbocycles. The second kappa shape index (κ2) is 5.26. The van der Waals surface area contributed by atoms with Gasteiger partial charge in [0.05, 0.1) is 0 Å². The Morgan fingerprint density at radius 2 is 2.00 bits per heavy atom. The first-order valence-corrected chi connectivity index (χ1v) is 5.85. The summed E-state index contributed by atoms with van der Waals surface area (Å²) in [5.74, 6) is 1.33. The zero-order valence-electron chi connectivity index (χ0n) is 9.87. The van der Waals surface area contributed by atoms with Crippen molar-refractivity contribution in [3.63, 3.8) is 0 Å². The van der Waals surface area contributed by atoms with Gasteiger partial charge in [0.1, 0.15) is 4.64 Å². The van der Waals surface area contributed by atoms with E-state index in [0.29, 0.717) is 10.6 Å². The minimum absolute atomic E-state index is 0.448. The molecule has 0 bridgehead atoms. The Balaban J connectivity index is 3.13. The van der Waals surface area contributed by atoms with Crippen molar-refractivity contribution in [3.8, 4) is 0 Å². The van der Waals surface area contributed by atoms with E-state index in [1.807, 2.05) is 6.07 Å². The maximum atomic E-state index is 5.16. The molecular formula is C11H19N3S. The molecule has 0 aromatic carbocycles. The van der Waals surface area contributed by atoms with Crippen LogP contribution >= 0.6 is 12.2 Å². The number of anilines is 1.